The number of benzene rings is 1. The fourth-order valence-electron chi connectivity index (χ4n) is 2.49. The Morgan fingerprint density at radius 1 is 1.41 bits per heavy atom. The molecule has 3 heteroatoms. The van der Waals surface area contributed by atoms with Crippen molar-refractivity contribution in [2.24, 2.45) is 0 Å². The summed E-state index contributed by atoms with van der Waals surface area (Å²) in [5.74, 6) is 0.970. The van der Waals surface area contributed by atoms with Crippen molar-refractivity contribution in [3.05, 3.63) is 29.3 Å². The molecule has 0 bridgehead atoms. The van der Waals surface area contributed by atoms with Crippen molar-refractivity contribution in [1.82, 2.24) is 10.2 Å². The smallest absolute Gasteiger partial charge is 0.121 e. The molecule has 1 saturated heterocycles. The highest BCUT2D eigenvalue weighted by Crippen LogP contribution is 2.26. The van der Waals surface area contributed by atoms with Gasteiger partial charge < -0.3 is 10.1 Å². The molecule has 0 radical (unpaired) electrons. The predicted molar refractivity (Wildman–Crippen MR) is 70.6 cm³/mol. The lowest BCUT2D eigenvalue weighted by Crippen LogP contribution is -2.29. The first-order chi connectivity index (χ1) is 8.22. The van der Waals surface area contributed by atoms with E-state index in [0.29, 0.717) is 6.04 Å². The molecule has 1 aliphatic heterocycles. The highest BCUT2D eigenvalue weighted by molar-refractivity contribution is 5.37. The first-order valence-corrected chi connectivity index (χ1v) is 6.28. The van der Waals surface area contributed by atoms with Gasteiger partial charge in [0.05, 0.1) is 7.11 Å². The molecule has 94 valence electrons. The summed E-state index contributed by atoms with van der Waals surface area (Å²) in [6.07, 6.45) is 1.22. The van der Waals surface area contributed by atoms with Gasteiger partial charge in [0.1, 0.15) is 5.75 Å². The van der Waals surface area contributed by atoms with Gasteiger partial charge in [0.25, 0.3) is 0 Å². The van der Waals surface area contributed by atoms with Crippen LogP contribution >= 0.6 is 0 Å². The van der Waals surface area contributed by atoms with E-state index in [1.54, 1.807) is 7.11 Å². The molecule has 17 heavy (non-hydrogen) atoms. The van der Waals surface area contributed by atoms with E-state index >= 15 is 0 Å². The minimum absolute atomic E-state index is 0.474. The number of hydrogen-bond donors (Lipinski definition) is 1. The molecule has 1 unspecified atom stereocenters. The lowest BCUT2D eigenvalue weighted by Gasteiger charge is -2.26. The van der Waals surface area contributed by atoms with Crippen LogP contribution in [0, 0.1) is 6.92 Å². The van der Waals surface area contributed by atoms with Gasteiger partial charge in [0.2, 0.25) is 0 Å². The molecular formula is C14H22N2O. The number of likely N-dealkylation sites (N-methyl/N-ethyl adjacent to an activating group) is 1. The van der Waals surface area contributed by atoms with Crippen LogP contribution in [-0.4, -0.2) is 38.7 Å². The third-order valence-corrected chi connectivity index (χ3v) is 3.54. The molecule has 1 heterocycles. The van der Waals surface area contributed by atoms with Crippen LogP contribution in [0.3, 0.4) is 0 Å². The zero-order valence-corrected chi connectivity index (χ0v) is 11.0. The van der Waals surface area contributed by atoms with Gasteiger partial charge in [-0.05, 0) is 50.7 Å². The van der Waals surface area contributed by atoms with Gasteiger partial charge >= 0.3 is 0 Å². The molecule has 1 atom stereocenters. The molecule has 1 fully saturated rings. The van der Waals surface area contributed by atoms with Crippen LogP contribution in [0.15, 0.2) is 18.2 Å². The van der Waals surface area contributed by atoms with Gasteiger partial charge in [-0.3, -0.25) is 4.90 Å². The Kier molecular flexibility index (Phi) is 4.02. The van der Waals surface area contributed by atoms with E-state index in [2.05, 4.69) is 42.4 Å². The van der Waals surface area contributed by atoms with Crippen LogP contribution < -0.4 is 10.1 Å². The Labute approximate surface area is 104 Å². The lowest BCUT2D eigenvalue weighted by molar-refractivity contribution is 0.261. The standard InChI is InChI=1S/C14H22N2O/c1-11-9-12(5-6-14(11)17-3)13-10-15-7-4-8-16(13)2/h5-6,9,13,15H,4,7-8,10H2,1-3H3. The maximum atomic E-state index is 5.31. The van der Waals surface area contributed by atoms with Crippen molar-refractivity contribution in [2.75, 3.05) is 33.8 Å². The van der Waals surface area contributed by atoms with Crippen LogP contribution in [0.2, 0.25) is 0 Å². The number of nitrogens with zero attached hydrogens (tertiary/aromatic N) is 1. The number of rotatable bonds is 2. The van der Waals surface area contributed by atoms with E-state index in [-0.39, 0.29) is 0 Å². The van der Waals surface area contributed by atoms with E-state index in [1.807, 2.05) is 0 Å². The second-order valence-electron chi connectivity index (χ2n) is 4.78. The Balaban J connectivity index is 2.22. The van der Waals surface area contributed by atoms with E-state index < -0.39 is 0 Å². The molecule has 2 rings (SSSR count). The van der Waals surface area contributed by atoms with Gasteiger partial charge in [-0.1, -0.05) is 12.1 Å². The average Bonchev–Trinajstić information content (AvgIpc) is 2.54. The highest BCUT2D eigenvalue weighted by Gasteiger charge is 2.19. The topological polar surface area (TPSA) is 24.5 Å². The van der Waals surface area contributed by atoms with Gasteiger partial charge in [-0.25, -0.2) is 0 Å². The van der Waals surface area contributed by atoms with Crippen LogP contribution in [-0.2, 0) is 0 Å². The van der Waals surface area contributed by atoms with Crippen LogP contribution in [0.5, 0.6) is 5.75 Å². The molecule has 1 aliphatic rings. The fourth-order valence-corrected chi connectivity index (χ4v) is 2.49. The maximum absolute atomic E-state index is 5.31. The Hall–Kier alpha value is -1.06. The highest BCUT2D eigenvalue weighted by atomic mass is 16.5. The SMILES string of the molecule is COc1ccc(C2CNCCCN2C)cc1C. The molecule has 0 saturated carbocycles. The summed E-state index contributed by atoms with van der Waals surface area (Å²) in [6.45, 7) is 5.41. The van der Waals surface area contributed by atoms with Crippen LogP contribution in [0.4, 0.5) is 0 Å². The van der Waals surface area contributed by atoms with Crippen molar-refractivity contribution < 1.29 is 4.74 Å². The zero-order chi connectivity index (χ0) is 12.3. The molecule has 0 aromatic heterocycles. The molecule has 0 aliphatic carbocycles. The maximum Gasteiger partial charge on any atom is 0.121 e. The minimum atomic E-state index is 0.474. The van der Waals surface area contributed by atoms with Crippen molar-refractivity contribution in [3.63, 3.8) is 0 Å². The second kappa shape index (κ2) is 5.52. The zero-order valence-electron chi connectivity index (χ0n) is 11.0. The largest absolute Gasteiger partial charge is 0.496 e. The molecule has 1 aromatic rings. The average molecular weight is 234 g/mol. The first-order valence-electron chi connectivity index (χ1n) is 6.28. The summed E-state index contributed by atoms with van der Waals surface area (Å²) < 4.78 is 5.31. The number of methoxy groups -OCH3 is 1. The lowest BCUT2D eigenvalue weighted by atomic mass is 10.0. The monoisotopic (exact) mass is 234 g/mol. The normalized spacial score (nSPS) is 22.2. The second-order valence-corrected chi connectivity index (χ2v) is 4.78. The summed E-state index contributed by atoms with van der Waals surface area (Å²) in [5, 5.41) is 3.50. The Morgan fingerprint density at radius 3 is 2.94 bits per heavy atom. The molecule has 1 aromatic carbocycles. The first kappa shape index (κ1) is 12.4. The van der Waals surface area contributed by atoms with Gasteiger partial charge in [0.15, 0.2) is 0 Å². The molecular weight excluding hydrogens is 212 g/mol. The number of hydrogen-bond acceptors (Lipinski definition) is 3. The Morgan fingerprint density at radius 2 is 2.24 bits per heavy atom. The summed E-state index contributed by atoms with van der Waals surface area (Å²) >= 11 is 0. The van der Waals surface area contributed by atoms with Gasteiger partial charge in [-0.2, -0.15) is 0 Å². The van der Waals surface area contributed by atoms with Crippen molar-refractivity contribution in [1.29, 1.82) is 0 Å². The quantitative estimate of drug-likeness (QED) is 0.846. The number of nitrogens with one attached hydrogen (secondary N) is 1. The molecule has 1 N–H and O–H groups in total. The summed E-state index contributed by atoms with van der Waals surface area (Å²) in [5.41, 5.74) is 2.59. The third-order valence-electron chi connectivity index (χ3n) is 3.54. The van der Waals surface area contributed by atoms with Gasteiger partial charge in [0, 0.05) is 12.6 Å². The Bertz CT molecular complexity index is 378. The van der Waals surface area contributed by atoms with Crippen molar-refractivity contribution in [3.8, 4) is 5.75 Å². The summed E-state index contributed by atoms with van der Waals surface area (Å²) in [4.78, 5) is 2.43. The predicted octanol–water partition coefficient (Wildman–Crippen LogP) is 1.97. The summed E-state index contributed by atoms with van der Waals surface area (Å²) in [7, 11) is 3.93. The number of aryl methyl sites for hydroxylation is 1. The summed E-state index contributed by atoms with van der Waals surface area (Å²) in [6, 6.07) is 6.97. The number of ether oxygens (including phenoxy) is 1. The molecule has 0 amide bonds. The van der Waals surface area contributed by atoms with Crippen LogP contribution in [0.1, 0.15) is 23.6 Å². The van der Waals surface area contributed by atoms with Crippen LogP contribution in [0.25, 0.3) is 0 Å². The fraction of sp³-hybridized carbons (Fsp3) is 0.571. The van der Waals surface area contributed by atoms with Crippen molar-refractivity contribution in [2.45, 2.75) is 19.4 Å². The van der Waals surface area contributed by atoms with E-state index in [1.165, 1.54) is 17.5 Å². The minimum Gasteiger partial charge on any atom is -0.496 e. The molecule has 3 nitrogen and oxygen atoms in total. The molecule has 0 spiro atoms. The van der Waals surface area contributed by atoms with Crippen molar-refractivity contribution >= 4 is 0 Å². The van der Waals surface area contributed by atoms with E-state index in [9.17, 15) is 0 Å². The van der Waals surface area contributed by atoms with Gasteiger partial charge in [-0.15, -0.1) is 0 Å². The third kappa shape index (κ3) is 2.79. The van der Waals surface area contributed by atoms with E-state index in [4.69, 9.17) is 4.74 Å². The van der Waals surface area contributed by atoms with E-state index in [0.717, 1.165) is 25.4 Å².